The minimum absolute atomic E-state index is 0.0168. The molecule has 0 spiro atoms. The average Bonchev–Trinajstić information content (AvgIpc) is 2.36. The van der Waals surface area contributed by atoms with E-state index in [2.05, 4.69) is 15.8 Å². The minimum atomic E-state index is -0.601. The first-order valence-corrected chi connectivity index (χ1v) is 7.09. The highest BCUT2D eigenvalue weighted by atomic mass is 35.5. The van der Waals surface area contributed by atoms with E-state index in [0.29, 0.717) is 10.7 Å². The van der Waals surface area contributed by atoms with Crippen LogP contribution in [0.15, 0.2) is 23.3 Å². The Morgan fingerprint density at radius 1 is 1.32 bits per heavy atom. The Morgan fingerprint density at radius 3 is 2.55 bits per heavy atom. The first-order valence-electron chi connectivity index (χ1n) is 6.71. The van der Waals surface area contributed by atoms with E-state index in [9.17, 15) is 14.7 Å². The average molecular weight is 326 g/mol. The quantitative estimate of drug-likeness (QED) is 0.586. The lowest BCUT2D eigenvalue weighted by atomic mass is 10.1. The standard InChI is InChI=1S/C15H20ClN3O3/c1-9(7-13(21)17-15(2,3)4)18-19-14(22)11-8-10(16)5-6-12(11)20/h5-6,8,20H,7H2,1-4H3,(H,17,21)(H,19,22). The molecule has 2 amide bonds. The number of aromatic hydroxyl groups is 1. The van der Waals surface area contributed by atoms with Gasteiger partial charge in [-0.3, -0.25) is 9.59 Å². The first-order chi connectivity index (χ1) is 10.1. The Labute approximate surface area is 134 Å². The third kappa shape index (κ3) is 6.13. The molecule has 0 fully saturated rings. The van der Waals surface area contributed by atoms with Gasteiger partial charge in [-0.2, -0.15) is 5.10 Å². The van der Waals surface area contributed by atoms with Crippen LogP contribution in [-0.2, 0) is 4.79 Å². The maximum atomic E-state index is 11.9. The van der Waals surface area contributed by atoms with Gasteiger partial charge in [0.1, 0.15) is 5.75 Å². The molecule has 0 aromatic heterocycles. The summed E-state index contributed by atoms with van der Waals surface area (Å²) in [4.78, 5) is 23.6. The van der Waals surface area contributed by atoms with Crippen molar-refractivity contribution in [1.82, 2.24) is 10.7 Å². The molecule has 0 saturated heterocycles. The maximum absolute atomic E-state index is 11.9. The second-order valence-corrected chi connectivity index (χ2v) is 6.36. The van der Waals surface area contributed by atoms with Crippen molar-refractivity contribution in [3.05, 3.63) is 28.8 Å². The van der Waals surface area contributed by atoms with Crippen LogP contribution in [0.3, 0.4) is 0 Å². The van der Waals surface area contributed by atoms with E-state index >= 15 is 0 Å². The molecule has 0 heterocycles. The number of hydrazone groups is 1. The maximum Gasteiger partial charge on any atom is 0.275 e. The predicted octanol–water partition coefficient (Wildman–Crippen LogP) is 2.46. The van der Waals surface area contributed by atoms with Gasteiger partial charge in [-0.1, -0.05) is 11.6 Å². The Kier molecular flexibility index (Phi) is 5.93. The van der Waals surface area contributed by atoms with Gasteiger partial charge in [-0.25, -0.2) is 5.43 Å². The molecule has 0 saturated carbocycles. The zero-order valence-corrected chi connectivity index (χ0v) is 13.8. The number of phenolic OH excluding ortho intramolecular Hbond substituents is 1. The van der Waals surface area contributed by atoms with Crippen LogP contribution >= 0.6 is 11.6 Å². The monoisotopic (exact) mass is 325 g/mol. The van der Waals surface area contributed by atoms with Gasteiger partial charge in [-0.05, 0) is 45.9 Å². The smallest absolute Gasteiger partial charge is 0.275 e. The number of amides is 2. The van der Waals surface area contributed by atoms with Crippen molar-refractivity contribution < 1.29 is 14.7 Å². The number of benzene rings is 1. The number of nitrogens with one attached hydrogen (secondary N) is 2. The molecular weight excluding hydrogens is 306 g/mol. The van der Waals surface area contributed by atoms with Crippen LogP contribution in [0.4, 0.5) is 0 Å². The van der Waals surface area contributed by atoms with E-state index in [1.54, 1.807) is 6.92 Å². The fourth-order valence-corrected chi connectivity index (χ4v) is 1.80. The molecular formula is C15H20ClN3O3. The third-order valence-corrected chi connectivity index (χ3v) is 2.72. The topological polar surface area (TPSA) is 90.8 Å². The van der Waals surface area contributed by atoms with Crippen molar-refractivity contribution in [3.63, 3.8) is 0 Å². The summed E-state index contributed by atoms with van der Waals surface area (Å²) in [5.41, 5.74) is 2.42. The summed E-state index contributed by atoms with van der Waals surface area (Å²) in [6, 6.07) is 4.13. The van der Waals surface area contributed by atoms with Crippen molar-refractivity contribution in [2.45, 2.75) is 39.7 Å². The molecule has 0 aliphatic heterocycles. The SMILES string of the molecule is CC(CC(=O)NC(C)(C)C)=NNC(=O)c1cc(Cl)ccc1O. The molecule has 6 nitrogen and oxygen atoms in total. The number of hydrogen-bond acceptors (Lipinski definition) is 4. The lowest BCUT2D eigenvalue weighted by Gasteiger charge is -2.20. The molecule has 0 radical (unpaired) electrons. The van der Waals surface area contributed by atoms with Crippen molar-refractivity contribution in [2.75, 3.05) is 0 Å². The highest BCUT2D eigenvalue weighted by molar-refractivity contribution is 6.31. The van der Waals surface area contributed by atoms with Crippen LogP contribution in [0.2, 0.25) is 5.02 Å². The van der Waals surface area contributed by atoms with E-state index in [0.717, 1.165) is 0 Å². The minimum Gasteiger partial charge on any atom is -0.507 e. The second-order valence-electron chi connectivity index (χ2n) is 5.92. The van der Waals surface area contributed by atoms with Gasteiger partial charge in [0.15, 0.2) is 0 Å². The Bertz CT molecular complexity index is 607. The van der Waals surface area contributed by atoms with Crippen LogP contribution < -0.4 is 10.7 Å². The van der Waals surface area contributed by atoms with Gasteiger partial charge in [0.2, 0.25) is 5.91 Å². The lowest BCUT2D eigenvalue weighted by Crippen LogP contribution is -2.41. The van der Waals surface area contributed by atoms with Gasteiger partial charge in [0.25, 0.3) is 5.91 Å². The summed E-state index contributed by atoms with van der Waals surface area (Å²) in [5, 5.41) is 16.6. The molecule has 7 heteroatoms. The van der Waals surface area contributed by atoms with Gasteiger partial charge < -0.3 is 10.4 Å². The molecule has 1 aromatic rings. The fraction of sp³-hybridized carbons (Fsp3) is 0.400. The zero-order valence-electron chi connectivity index (χ0n) is 13.0. The Morgan fingerprint density at radius 2 is 1.95 bits per heavy atom. The summed E-state index contributed by atoms with van der Waals surface area (Å²) in [6.07, 6.45) is 0.0685. The summed E-state index contributed by atoms with van der Waals surface area (Å²) in [6.45, 7) is 7.25. The van der Waals surface area contributed by atoms with Crippen molar-refractivity contribution >= 4 is 29.1 Å². The Hall–Kier alpha value is -2.08. The van der Waals surface area contributed by atoms with E-state index in [4.69, 9.17) is 11.6 Å². The molecule has 3 N–H and O–H groups in total. The predicted molar refractivity (Wildman–Crippen MR) is 86.2 cm³/mol. The van der Waals surface area contributed by atoms with Crippen molar-refractivity contribution in [3.8, 4) is 5.75 Å². The first kappa shape index (κ1) is 18.0. The third-order valence-electron chi connectivity index (χ3n) is 2.48. The van der Waals surface area contributed by atoms with Crippen molar-refractivity contribution in [2.24, 2.45) is 5.10 Å². The Balaban J connectivity index is 2.65. The van der Waals surface area contributed by atoms with Gasteiger partial charge in [-0.15, -0.1) is 0 Å². The van der Waals surface area contributed by atoms with Crippen LogP contribution in [0.25, 0.3) is 0 Å². The summed E-state index contributed by atoms with van der Waals surface area (Å²) in [7, 11) is 0. The zero-order chi connectivity index (χ0) is 16.9. The summed E-state index contributed by atoms with van der Waals surface area (Å²) < 4.78 is 0. The molecule has 0 aliphatic carbocycles. The van der Waals surface area contributed by atoms with Crippen molar-refractivity contribution in [1.29, 1.82) is 0 Å². The molecule has 0 aliphatic rings. The second kappa shape index (κ2) is 7.26. The van der Waals surface area contributed by atoms with Gasteiger partial charge in [0.05, 0.1) is 12.0 Å². The molecule has 120 valence electrons. The normalized spacial score (nSPS) is 12.0. The number of phenols is 1. The van der Waals surface area contributed by atoms with Gasteiger partial charge in [0, 0.05) is 16.3 Å². The van der Waals surface area contributed by atoms with Crippen LogP contribution in [0, 0.1) is 0 Å². The molecule has 0 unspecified atom stereocenters. The van der Waals surface area contributed by atoms with Crippen LogP contribution in [-0.4, -0.2) is 28.2 Å². The summed E-state index contributed by atoms with van der Waals surface area (Å²) in [5.74, 6) is -0.982. The van der Waals surface area contributed by atoms with E-state index < -0.39 is 5.91 Å². The van der Waals surface area contributed by atoms with Crippen LogP contribution in [0.5, 0.6) is 5.75 Å². The number of hydrogen-bond donors (Lipinski definition) is 3. The van der Waals surface area contributed by atoms with E-state index in [1.165, 1.54) is 18.2 Å². The highest BCUT2D eigenvalue weighted by Gasteiger charge is 2.15. The molecule has 0 bridgehead atoms. The lowest BCUT2D eigenvalue weighted by molar-refractivity contribution is -0.121. The molecule has 1 rings (SSSR count). The number of nitrogens with zero attached hydrogens (tertiary/aromatic N) is 1. The number of rotatable bonds is 4. The summed E-state index contributed by atoms with van der Waals surface area (Å²) >= 11 is 5.77. The largest absolute Gasteiger partial charge is 0.507 e. The van der Waals surface area contributed by atoms with Gasteiger partial charge >= 0.3 is 0 Å². The number of carbonyl (C=O) groups is 2. The van der Waals surface area contributed by atoms with Crippen LogP contribution in [0.1, 0.15) is 44.5 Å². The molecule has 22 heavy (non-hydrogen) atoms. The fourth-order valence-electron chi connectivity index (χ4n) is 1.63. The molecule has 0 atom stereocenters. The number of carbonyl (C=O) groups excluding carboxylic acids is 2. The highest BCUT2D eigenvalue weighted by Crippen LogP contribution is 2.21. The number of halogens is 1. The molecule has 1 aromatic carbocycles. The van der Waals surface area contributed by atoms with E-state index in [-0.39, 0.29) is 29.2 Å². The van der Waals surface area contributed by atoms with E-state index in [1.807, 2.05) is 20.8 Å².